The zero-order valence-corrected chi connectivity index (χ0v) is 20.6. The number of nitrogens with zero attached hydrogens (tertiary/aromatic N) is 2. The second kappa shape index (κ2) is 9.36. The van der Waals surface area contributed by atoms with E-state index in [1.54, 1.807) is 32.4 Å². The number of aromatic nitrogens is 3. The lowest BCUT2D eigenvalue weighted by molar-refractivity contribution is 0.0695. The van der Waals surface area contributed by atoms with Gasteiger partial charge >= 0.3 is 5.97 Å². The molecular formula is C28H22ClN3O4. The second-order valence-electron chi connectivity index (χ2n) is 8.38. The van der Waals surface area contributed by atoms with Gasteiger partial charge in [0, 0.05) is 23.4 Å². The number of carboxylic acid groups (broad SMARTS) is 1. The molecule has 0 atom stereocenters. The summed E-state index contributed by atoms with van der Waals surface area (Å²) >= 11 is 6.61. The molecule has 0 aliphatic heterocycles. The summed E-state index contributed by atoms with van der Waals surface area (Å²) in [7, 11) is 1.59. The molecule has 2 heterocycles. The van der Waals surface area contributed by atoms with E-state index in [2.05, 4.69) is 15.0 Å². The quantitative estimate of drug-likeness (QED) is 0.259. The summed E-state index contributed by atoms with van der Waals surface area (Å²) in [5.74, 6) is -0.0431. The SMILES string of the molecule is COc1ccc(-c2ccc(-c3cc4nc(Oc5cc(C)c(C)c(C(=O)O)c5)[nH]c4cc3Cl)cc2)cn1. The molecule has 5 rings (SSSR count). The Hall–Kier alpha value is -4.36. The Morgan fingerprint density at radius 2 is 1.69 bits per heavy atom. The molecule has 0 fully saturated rings. The van der Waals surface area contributed by atoms with E-state index in [9.17, 15) is 9.90 Å². The van der Waals surface area contributed by atoms with Crippen LogP contribution in [0.25, 0.3) is 33.3 Å². The van der Waals surface area contributed by atoms with Crippen molar-refractivity contribution in [3.05, 3.63) is 88.6 Å². The lowest BCUT2D eigenvalue weighted by Crippen LogP contribution is -2.02. The molecule has 0 aliphatic carbocycles. The number of aryl methyl sites for hydroxylation is 1. The number of H-pyrrole nitrogens is 1. The molecule has 0 aliphatic rings. The normalized spacial score (nSPS) is 11.0. The van der Waals surface area contributed by atoms with Crippen LogP contribution in [0, 0.1) is 13.8 Å². The van der Waals surface area contributed by atoms with Gasteiger partial charge in [-0.2, -0.15) is 4.98 Å². The van der Waals surface area contributed by atoms with E-state index in [0.717, 1.165) is 27.8 Å². The average Bonchev–Trinajstić information content (AvgIpc) is 3.26. The maximum absolute atomic E-state index is 11.6. The molecule has 0 saturated carbocycles. The summed E-state index contributed by atoms with van der Waals surface area (Å²) in [5, 5.41) is 10.0. The number of ether oxygens (including phenoxy) is 2. The Balaban J connectivity index is 1.43. The van der Waals surface area contributed by atoms with Crippen LogP contribution in [0.2, 0.25) is 5.02 Å². The van der Waals surface area contributed by atoms with E-state index >= 15 is 0 Å². The molecule has 0 amide bonds. The first-order valence-electron chi connectivity index (χ1n) is 11.1. The maximum atomic E-state index is 11.6. The van der Waals surface area contributed by atoms with Crippen LogP contribution in [0.4, 0.5) is 0 Å². The monoisotopic (exact) mass is 499 g/mol. The van der Waals surface area contributed by atoms with Gasteiger partial charge in [0.05, 0.1) is 28.7 Å². The average molecular weight is 500 g/mol. The van der Waals surface area contributed by atoms with Crippen LogP contribution in [-0.2, 0) is 0 Å². The van der Waals surface area contributed by atoms with Crippen molar-refractivity contribution in [2.75, 3.05) is 7.11 Å². The van der Waals surface area contributed by atoms with Gasteiger partial charge < -0.3 is 19.6 Å². The molecule has 3 aromatic carbocycles. The van der Waals surface area contributed by atoms with Gasteiger partial charge in [-0.25, -0.2) is 9.78 Å². The van der Waals surface area contributed by atoms with Crippen LogP contribution in [0.3, 0.4) is 0 Å². The van der Waals surface area contributed by atoms with Crippen molar-refractivity contribution in [1.82, 2.24) is 15.0 Å². The first kappa shape index (κ1) is 23.4. The van der Waals surface area contributed by atoms with Crippen LogP contribution < -0.4 is 9.47 Å². The van der Waals surface area contributed by atoms with Crippen LogP contribution in [0.1, 0.15) is 21.5 Å². The number of rotatable bonds is 6. The van der Waals surface area contributed by atoms with Crippen molar-refractivity contribution in [3.63, 3.8) is 0 Å². The number of hydrogen-bond acceptors (Lipinski definition) is 5. The zero-order valence-electron chi connectivity index (χ0n) is 19.8. The van der Waals surface area contributed by atoms with Crippen molar-refractivity contribution in [3.8, 4) is 39.9 Å². The number of benzene rings is 3. The van der Waals surface area contributed by atoms with Crippen LogP contribution in [-0.4, -0.2) is 33.1 Å². The minimum absolute atomic E-state index is 0.195. The third-order valence-corrected chi connectivity index (χ3v) is 6.42. The molecule has 0 radical (unpaired) electrons. The van der Waals surface area contributed by atoms with Gasteiger partial charge in [0.1, 0.15) is 5.75 Å². The van der Waals surface area contributed by atoms with Gasteiger partial charge in [-0.1, -0.05) is 35.9 Å². The summed E-state index contributed by atoms with van der Waals surface area (Å²) < 4.78 is 11.0. The van der Waals surface area contributed by atoms with E-state index in [-0.39, 0.29) is 11.6 Å². The number of methoxy groups -OCH3 is 1. The number of hydrogen-bond donors (Lipinski definition) is 2. The van der Waals surface area contributed by atoms with E-state index in [4.69, 9.17) is 21.1 Å². The van der Waals surface area contributed by atoms with Crippen LogP contribution >= 0.6 is 11.6 Å². The van der Waals surface area contributed by atoms with Crippen LogP contribution in [0.5, 0.6) is 17.6 Å². The Kier molecular flexibility index (Phi) is 6.08. The van der Waals surface area contributed by atoms with E-state index < -0.39 is 5.97 Å². The largest absolute Gasteiger partial charge is 0.481 e. The van der Waals surface area contributed by atoms with E-state index in [1.165, 1.54) is 6.07 Å². The molecule has 0 spiro atoms. The number of carbonyl (C=O) groups is 1. The fourth-order valence-corrected chi connectivity index (χ4v) is 4.28. The summed E-state index contributed by atoms with van der Waals surface area (Å²) in [6, 6.07) is 19.0. The minimum atomic E-state index is -1.00. The number of aromatic carboxylic acids is 1. The lowest BCUT2D eigenvalue weighted by atomic mass is 10.0. The molecule has 7 nitrogen and oxygen atoms in total. The number of fused-ring (bicyclic) bond motifs is 1. The van der Waals surface area contributed by atoms with E-state index in [1.807, 2.05) is 49.4 Å². The van der Waals surface area contributed by atoms with Crippen molar-refractivity contribution in [2.45, 2.75) is 13.8 Å². The van der Waals surface area contributed by atoms with E-state index in [0.29, 0.717) is 33.2 Å². The van der Waals surface area contributed by atoms with Gasteiger partial charge in [-0.3, -0.25) is 0 Å². The van der Waals surface area contributed by atoms with Crippen LogP contribution in [0.15, 0.2) is 66.9 Å². The Morgan fingerprint density at radius 1 is 0.972 bits per heavy atom. The first-order chi connectivity index (χ1) is 17.3. The summed E-state index contributed by atoms with van der Waals surface area (Å²) in [5.41, 5.74) is 6.88. The third kappa shape index (κ3) is 4.48. The summed E-state index contributed by atoms with van der Waals surface area (Å²) in [6.07, 6.45) is 1.77. The molecule has 5 aromatic rings. The number of nitrogens with one attached hydrogen (secondary N) is 1. The Morgan fingerprint density at radius 3 is 2.36 bits per heavy atom. The number of carboxylic acids is 1. The van der Waals surface area contributed by atoms with Gasteiger partial charge in [0.2, 0.25) is 5.88 Å². The number of halogens is 1. The van der Waals surface area contributed by atoms with Gasteiger partial charge in [0.15, 0.2) is 0 Å². The topological polar surface area (TPSA) is 97.3 Å². The van der Waals surface area contributed by atoms with Gasteiger partial charge in [-0.15, -0.1) is 0 Å². The van der Waals surface area contributed by atoms with Gasteiger partial charge in [0.25, 0.3) is 6.01 Å². The fourth-order valence-electron chi connectivity index (χ4n) is 4.01. The third-order valence-electron chi connectivity index (χ3n) is 6.11. The number of aromatic amines is 1. The second-order valence-corrected chi connectivity index (χ2v) is 8.78. The van der Waals surface area contributed by atoms with Gasteiger partial charge in [-0.05, 0) is 66.4 Å². The smallest absolute Gasteiger partial charge is 0.336 e. The molecule has 180 valence electrons. The summed E-state index contributed by atoms with van der Waals surface area (Å²) in [4.78, 5) is 23.5. The lowest BCUT2D eigenvalue weighted by Gasteiger charge is -2.08. The van der Waals surface area contributed by atoms with Crippen molar-refractivity contribution in [2.24, 2.45) is 0 Å². The minimum Gasteiger partial charge on any atom is -0.481 e. The molecule has 0 bridgehead atoms. The first-order valence-corrected chi connectivity index (χ1v) is 11.5. The number of imidazole rings is 1. The van der Waals surface area contributed by atoms with Crippen molar-refractivity contribution >= 4 is 28.6 Å². The zero-order chi connectivity index (χ0) is 25.4. The molecule has 8 heteroatoms. The van der Waals surface area contributed by atoms with Crippen molar-refractivity contribution < 1.29 is 19.4 Å². The molecule has 2 aromatic heterocycles. The fraction of sp³-hybridized carbons (Fsp3) is 0.107. The predicted octanol–water partition coefficient (Wildman–Crippen LogP) is 7.06. The highest BCUT2D eigenvalue weighted by molar-refractivity contribution is 6.34. The molecule has 0 unspecified atom stereocenters. The molecular weight excluding hydrogens is 478 g/mol. The molecule has 0 saturated heterocycles. The number of pyridine rings is 1. The Labute approximate surface area is 212 Å². The Bertz CT molecular complexity index is 1590. The van der Waals surface area contributed by atoms with Crippen molar-refractivity contribution in [1.29, 1.82) is 0 Å². The maximum Gasteiger partial charge on any atom is 0.336 e. The molecule has 2 N–H and O–H groups in total. The highest BCUT2D eigenvalue weighted by Gasteiger charge is 2.15. The highest BCUT2D eigenvalue weighted by atomic mass is 35.5. The standard InChI is InChI=1S/C28H22ClN3O4/c1-15-10-20(11-21(16(15)2)27(33)34)36-28-31-24-12-22(23(29)13-25(24)32-28)18-6-4-17(5-7-18)19-8-9-26(35-3)30-14-19/h4-14H,1-3H3,(H,31,32)(H,33,34). The predicted molar refractivity (Wildman–Crippen MR) is 139 cm³/mol. The highest BCUT2D eigenvalue weighted by Crippen LogP contribution is 2.34. The summed E-state index contributed by atoms with van der Waals surface area (Å²) in [6.45, 7) is 3.61. The molecule has 36 heavy (non-hydrogen) atoms.